The third-order valence-electron chi connectivity index (χ3n) is 5.83. The molecule has 2 rings (SSSR count). The van der Waals surface area contributed by atoms with Gasteiger partial charge in [0.1, 0.15) is 6.04 Å². The summed E-state index contributed by atoms with van der Waals surface area (Å²) >= 11 is 0. The lowest BCUT2D eigenvalue weighted by atomic mass is 9.74. The van der Waals surface area contributed by atoms with Crippen LogP contribution in [0.1, 0.15) is 47.0 Å². The average Bonchev–Trinajstić information content (AvgIpc) is 2.98. The number of hydroxylamine groups is 1. The lowest BCUT2D eigenvalue weighted by Gasteiger charge is -2.37. The van der Waals surface area contributed by atoms with Gasteiger partial charge in [-0.15, -0.1) is 0 Å². The van der Waals surface area contributed by atoms with E-state index in [0.29, 0.717) is 17.8 Å². The van der Waals surface area contributed by atoms with Gasteiger partial charge in [-0.05, 0) is 49.5 Å². The van der Waals surface area contributed by atoms with Crippen molar-refractivity contribution < 1.29 is 14.7 Å². The molecular formula is C17H31N5O3. The first kappa shape index (κ1) is 20.0. The molecule has 1 heterocycles. The van der Waals surface area contributed by atoms with Crippen molar-refractivity contribution in [1.82, 2.24) is 10.8 Å². The highest BCUT2D eigenvalue weighted by Crippen LogP contribution is 2.33. The van der Waals surface area contributed by atoms with Crippen LogP contribution in [-0.2, 0) is 9.63 Å². The minimum Gasteiger partial charge on any atom is -0.393 e. The van der Waals surface area contributed by atoms with Crippen LogP contribution in [0, 0.1) is 23.7 Å². The lowest BCUT2D eigenvalue weighted by Crippen LogP contribution is -2.53. The summed E-state index contributed by atoms with van der Waals surface area (Å²) in [6.07, 6.45) is 2.04. The Kier molecular flexibility index (Phi) is 7.07. The molecule has 7 atom stereocenters. The lowest BCUT2D eigenvalue weighted by molar-refractivity contribution is -0.127. The molecule has 0 aromatic heterocycles. The Balaban J connectivity index is 2.02. The fourth-order valence-electron chi connectivity index (χ4n) is 4.06. The Labute approximate surface area is 149 Å². The molecule has 1 saturated carbocycles. The van der Waals surface area contributed by atoms with Gasteiger partial charge in [-0.2, -0.15) is 5.48 Å². The van der Waals surface area contributed by atoms with Crippen molar-refractivity contribution in [2.75, 3.05) is 6.54 Å². The SMILES string of the molecule is CC(C)[C@@H]1CC[C@H](C)[C@@H](NC(=O)[C@H]2NO[C@@H](CN=[N+]=[N-])[C@H]2[C@H](C)O)C1. The number of aliphatic hydroxyl groups is 1. The first-order chi connectivity index (χ1) is 11.8. The van der Waals surface area contributed by atoms with E-state index in [0.717, 1.165) is 12.8 Å². The molecule has 142 valence electrons. The molecular weight excluding hydrogens is 322 g/mol. The number of amides is 1. The van der Waals surface area contributed by atoms with E-state index >= 15 is 0 Å². The van der Waals surface area contributed by atoms with Gasteiger partial charge in [0.2, 0.25) is 5.91 Å². The Morgan fingerprint density at radius 1 is 1.44 bits per heavy atom. The summed E-state index contributed by atoms with van der Waals surface area (Å²) in [5.74, 6) is 1.06. The van der Waals surface area contributed by atoms with Gasteiger partial charge in [-0.1, -0.05) is 25.9 Å². The predicted molar refractivity (Wildman–Crippen MR) is 94.3 cm³/mol. The summed E-state index contributed by atoms with van der Waals surface area (Å²) < 4.78 is 0. The highest BCUT2D eigenvalue weighted by atomic mass is 16.7. The number of nitrogens with zero attached hydrogens (tertiary/aromatic N) is 3. The second kappa shape index (κ2) is 8.85. The van der Waals surface area contributed by atoms with Crippen LogP contribution in [0.3, 0.4) is 0 Å². The number of carbonyl (C=O) groups is 1. The third-order valence-corrected chi connectivity index (χ3v) is 5.83. The third kappa shape index (κ3) is 4.85. The predicted octanol–water partition coefficient (Wildman–Crippen LogP) is 2.14. The van der Waals surface area contributed by atoms with E-state index in [-0.39, 0.29) is 18.5 Å². The maximum absolute atomic E-state index is 12.8. The molecule has 0 unspecified atom stereocenters. The number of hydrogen-bond acceptors (Lipinski definition) is 5. The summed E-state index contributed by atoms with van der Waals surface area (Å²) in [5, 5.41) is 16.8. The summed E-state index contributed by atoms with van der Waals surface area (Å²) in [7, 11) is 0. The normalized spacial score (nSPS) is 36.7. The van der Waals surface area contributed by atoms with Gasteiger partial charge in [-0.25, -0.2) is 0 Å². The number of hydrogen-bond donors (Lipinski definition) is 3. The maximum atomic E-state index is 12.8. The molecule has 0 aromatic rings. The van der Waals surface area contributed by atoms with Crippen LogP contribution in [0.5, 0.6) is 0 Å². The van der Waals surface area contributed by atoms with Crippen molar-refractivity contribution in [3.05, 3.63) is 10.4 Å². The van der Waals surface area contributed by atoms with Gasteiger partial charge in [0, 0.05) is 16.9 Å². The molecule has 0 bridgehead atoms. The molecule has 2 fully saturated rings. The van der Waals surface area contributed by atoms with Crippen molar-refractivity contribution >= 4 is 5.91 Å². The topological polar surface area (TPSA) is 119 Å². The van der Waals surface area contributed by atoms with Gasteiger partial charge < -0.3 is 10.4 Å². The van der Waals surface area contributed by atoms with E-state index in [2.05, 4.69) is 41.6 Å². The molecule has 0 spiro atoms. The number of azide groups is 1. The largest absolute Gasteiger partial charge is 0.393 e. The molecule has 1 aliphatic heterocycles. The summed E-state index contributed by atoms with van der Waals surface area (Å²) in [4.78, 5) is 20.9. The summed E-state index contributed by atoms with van der Waals surface area (Å²) in [5.41, 5.74) is 11.2. The molecule has 0 aromatic carbocycles. The van der Waals surface area contributed by atoms with E-state index in [1.807, 2.05) is 0 Å². The molecule has 8 nitrogen and oxygen atoms in total. The van der Waals surface area contributed by atoms with Gasteiger partial charge >= 0.3 is 0 Å². The van der Waals surface area contributed by atoms with E-state index in [1.54, 1.807) is 6.92 Å². The smallest absolute Gasteiger partial charge is 0.240 e. The van der Waals surface area contributed by atoms with Gasteiger partial charge in [0.05, 0.1) is 18.8 Å². The van der Waals surface area contributed by atoms with Crippen LogP contribution in [0.25, 0.3) is 10.4 Å². The number of nitrogens with one attached hydrogen (secondary N) is 2. The summed E-state index contributed by atoms with van der Waals surface area (Å²) in [6, 6.07) is -0.508. The fourth-order valence-corrected chi connectivity index (χ4v) is 4.06. The van der Waals surface area contributed by atoms with Crippen molar-refractivity contribution in [2.24, 2.45) is 28.8 Å². The van der Waals surface area contributed by atoms with Crippen LogP contribution in [0.4, 0.5) is 0 Å². The Morgan fingerprint density at radius 3 is 2.76 bits per heavy atom. The molecule has 1 saturated heterocycles. The molecule has 1 aliphatic carbocycles. The minimum atomic E-state index is -0.753. The van der Waals surface area contributed by atoms with Gasteiger partial charge in [0.25, 0.3) is 0 Å². The van der Waals surface area contributed by atoms with Crippen molar-refractivity contribution in [1.29, 1.82) is 0 Å². The van der Waals surface area contributed by atoms with E-state index in [1.165, 1.54) is 6.42 Å². The van der Waals surface area contributed by atoms with Crippen molar-refractivity contribution in [3.8, 4) is 0 Å². The van der Waals surface area contributed by atoms with Crippen LogP contribution in [-0.4, -0.2) is 41.9 Å². The average molecular weight is 353 g/mol. The molecule has 25 heavy (non-hydrogen) atoms. The van der Waals surface area contributed by atoms with E-state index in [9.17, 15) is 9.90 Å². The number of rotatable bonds is 6. The Morgan fingerprint density at radius 2 is 2.16 bits per heavy atom. The van der Waals surface area contributed by atoms with E-state index < -0.39 is 24.2 Å². The highest BCUT2D eigenvalue weighted by Gasteiger charge is 2.45. The molecule has 8 heteroatoms. The zero-order valence-electron chi connectivity index (χ0n) is 15.6. The van der Waals surface area contributed by atoms with E-state index in [4.69, 9.17) is 10.4 Å². The van der Waals surface area contributed by atoms with Gasteiger partial charge in [0.15, 0.2) is 0 Å². The minimum absolute atomic E-state index is 0.0814. The molecule has 0 radical (unpaired) electrons. The Bertz CT molecular complexity index is 507. The van der Waals surface area contributed by atoms with Crippen LogP contribution >= 0.6 is 0 Å². The zero-order chi connectivity index (χ0) is 18.6. The van der Waals surface area contributed by atoms with Gasteiger partial charge in [-0.3, -0.25) is 9.63 Å². The highest BCUT2D eigenvalue weighted by molar-refractivity contribution is 5.82. The first-order valence-corrected chi connectivity index (χ1v) is 9.25. The second-order valence-corrected chi connectivity index (χ2v) is 7.89. The molecule has 1 amide bonds. The van der Waals surface area contributed by atoms with Crippen LogP contribution in [0.15, 0.2) is 5.11 Å². The zero-order valence-corrected chi connectivity index (χ0v) is 15.6. The number of carbonyl (C=O) groups excluding carboxylic acids is 1. The maximum Gasteiger partial charge on any atom is 0.240 e. The second-order valence-electron chi connectivity index (χ2n) is 7.89. The van der Waals surface area contributed by atoms with Crippen LogP contribution < -0.4 is 10.8 Å². The number of aliphatic hydroxyl groups excluding tert-OH is 1. The Hall–Kier alpha value is -1.34. The monoisotopic (exact) mass is 353 g/mol. The van der Waals surface area contributed by atoms with Crippen LogP contribution in [0.2, 0.25) is 0 Å². The molecule has 3 N–H and O–H groups in total. The fraction of sp³-hybridized carbons (Fsp3) is 0.941. The summed E-state index contributed by atoms with van der Waals surface area (Å²) in [6.45, 7) is 8.35. The standard InChI is InChI=1S/C17H31N5O3/c1-9(2)12-6-5-10(3)13(7-12)20-17(24)16-15(11(4)23)14(25-21-16)8-19-22-18/h9-16,21,23H,5-8H2,1-4H3,(H,20,24)/t10-,11-,12+,13-,14-,15+,16-/m0/s1. The molecule has 2 aliphatic rings. The quantitative estimate of drug-likeness (QED) is 0.385. The van der Waals surface area contributed by atoms with Crippen molar-refractivity contribution in [3.63, 3.8) is 0 Å². The first-order valence-electron chi connectivity index (χ1n) is 9.25. The van der Waals surface area contributed by atoms with Crippen molar-refractivity contribution in [2.45, 2.75) is 71.2 Å².